The Hall–Kier alpha value is -3.04. The van der Waals surface area contributed by atoms with Gasteiger partial charge in [-0.3, -0.25) is 14.2 Å². The quantitative estimate of drug-likeness (QED) is 0.551. The fraction of sp³-hybridized carbons (Fsp3) is 0.105. The minimum Gasteiger partial charge on any atom is -0.326 e. The first-order valence-corrected chi connectivity index (χ1v) is 8.54. The molecule has 1 amide bonds. The highest BCUT2D eigenvalue weighted by atomic mass is 32.2. The van der Waals surface area contributed by atoms with Crippen LogP contribution in [0.3, 0.4) is 0 Å². The van der Waals surface area contributed by atoms with Crippen molar-refractivity contribution in [3.8, 4) is 5.40 Å². The van der Waals surface area contributed by atoms with E-state index in [0.29, 0.717) is 5.69 Å². The van der Waals surface area contributed by atoms with Crippen LogP contribution in [0.1, 0.15) is 17.6 Å². The molecule has 0 unspecified atom stereocenters. The second-order valence-electron chi connectivity index (χ2n) is 5.40. The molecular weight excluding hydrogens is 334 g/mol. The van der Waals surface area contributed by atoms with E-state index in [9.17, 15) is 9.59 Å². The Labute approximate surface area is 149 Å². The van der Waals surface area contributed by atoms with Crippen LogP contribution in [0.15, 0.2) is 65.7 Å². The van der Waals surface area contributed by atoms with Crippen LogP contribution < -0.4 is 5.32 Å². The zero-order chi connectivity index (χ0) is 17.6. The summed E-state index contributed by atoms with van der Waals surface area (Å²) in [5.41, 5.74) is 1.49. The highest BCUT2D eigenvalue weighted by Gasteiger charge is 2.11. The van der Waals surface area contributed by atoms with E-state index in [-0.39, 0.29) is 24.7 Å². The minimum absolute atomic E-state index is 0.111. The second kappa shape index (κ2) is 7.69. The molecule has 0 saturated carbocycles. The Morgan fingerprint density at radius 1 is 1.04 bits per heavy atom. The summed E-state index contributed by atoms with van der Waals surface area (Å²) in [6.45, 7) is 0. The lowest BCUT2D eigenvalue weighted by Gasteiger charge is -2.06. The standard InChI is InChI=1S/C19H15N3O2S/c20-13-25-16-7-5-15(6-8-16)21-18(23)9-10-19(24)22-12-11-14-3-1-2-4-17(14)22/h1-8,11-12H,9-10H2,(H,21,23). The van der Waals surface area contributed by atoms with Crippen molar-refractivity contribution >= 4 is 40.2 Å². The van der Waals surface area contributed by atoms with Gasteiger partial charge in [0.05, 0.1) is 5.52 Å². The topological polar surface area (TPSA) is 74.9 Å². The molecule has 124 valence electrons. The molecule has 3 rings (SSSR count). The molecule has 0 radical (unpaired) electrons. The molecule has 0 saturated heterocycles. The number of fused-ring (bicyclic) bond motifs is 1. The Morgan fingerprint density at radius 3 is 2.56 bits per heavy atom. The number of carbonyl (C=O) groups excluding carboxylic acids is 2. The van der Waals surface area contributed by atoms with Gasteiger partial charge in [-0.15, -0.1) is 0 Å². The van der Waals surface area contributed by atoms with Gasteiger partial charge in [0.2, 0.25) is 11.8 Å². The van der Waals surface area contributed by atoms with Crippen molar-refractivity contribution in [3.05, 3.63) is 60.8 Å². The van der Waals surface area contributed by atoms with E-state index in [1.54, 1.807) is 35.0 Å². The Bertz CT molecular complexity index is 955. The summed E-state index contributed by atoms with van der Waals surface area (Å²) in [5, 5.41) is 14.4. The van der Waals surface area contributed by atoms with Gasteiger partial charge in [0.15, 0.2) is 0 Å². The predicted octanol–water partition coefficient (Wildman–Crippen LogP) is 4.27. The van der Waals surface area contributed by atoms with Crippen LogP contribution in [0.25, 0.3) is 10.9 Å². The number of nitrogens with zero attached hydrogens (tertiary/aromatic N) is 2. The summed E-state index contributed by atoms with van der Waals surface area (Å²) in [7, 11) is 0. The van der Waals surface area contributed by atoms with E-state index in [1.807, 2.05) is 35.7 Å². The number of nitrogens with one attached hydrogen (secondary N) is 1. The number of thioether (sulfide) groups is 1. The molecule has 0 aliphatic rings. The van der Waals surface area contributed by atoms with Crippen molar-refractivity contribution in [1.29, 1.82) is 5.26 Å². The Balaban J connectivity index is 1.57. The molecule has 0 aliphatic carbocycles. The van der Waals surface area contributed by atoms with Crippen molar-refractivity contribution in [2.24, 2.45) is 0 Å². The first kappa shape index (κ1) is 16.8. The third-order valence-electron chi connectivity index (χ3n) is 3.74. The van der Waals surface area contributed by atoms with Crippen molar-refractivity contribution in [2.45, 2.75) is 17.7 Å². The van der Waals surface area contributed by atoms with Crippen molar-refractivity contribution in [3.63, 3.8) is 0 Å². The summed E-state index contributed by atoms with van der Waals surface area (Å²) < 4.78 is 1.58. The number of thiocyanates is 1. The van der Waals surface area contributed by atoms with Crippen LogP contribution in [0.2, 0.25) is 0 Å². The Kier molecular flexibility index (Phi) is 5.17. The monoisotopic (exact) mass is 349 g/mol. The normalized spacial score (nSPS) is 10.4. The highest BCUT2D eigenvalue weighted by Crippen LogP contribution is 2.19. The number of carbonyl (C=O) groups is 2. The van der Waals surface area contributed by atoms with Crippen molar-refractivity contribution in [1.82, 2.24) is 4.57 Å². The van der Waals surface area contributed by atoms with Crippen molar-refractivity contribution < 1.29 is 9.59 Å². The van der Waals surface area contributed by atoms with Gasteiger partial charge in [0.1, 0.15) is 5.40 Å². The van der Waals surface area contributed by atoms with Crippen LogP contribution >= 0.6 is 11.8 Å². The number of para-hydroxylation sites is 1. The summed E-state index contributed by atoms with van der Waals surface area (Å²) >= 11 is 1.06. The average molecular weight is 349 g/mol. The molecule has 0 bridgehead atoms. The third kappa shape index (κ3) is 4.08. The maximum absolute atomic E-state index is 12.3. The fourth-order valence-electron chi connectivity index (χ4n) is 2.52. The summed E-state index contributed by atoms with van der Waals surface area (Å²) in [6.07, 6.45) is 1.98. The van der Waals surface area contributed by atoms with Crippen LogP contribution in [0, 0.1) is 10.7 Å². The van der Waals surface area contributed by atoms with Gasteiger partial charge in [-0.2, -0.15) is 5.26 Å². The molecular formula is C19H15N3O2S. The predicted molar refractivity (Wildman–Crippen MR) is 98.3 cm³/mol. The van der Waals surface area contributed by atoms with E-state index in [4.69, 9.17) is 5.26 Å². The molecule has 1 aromatic heterocycles. The number of rotatable bonds is 5. The number of benzene rings is 2. The van der Waals surface area contributed by atoms with E-state index < -0.39 is 0 Å². The van der Waals surface area contributed by atoms with Gasteiger partial charge in [0.25, 0.3) is 0 Å². The molecule has 6 heteroatoms. The van der Waals surface area contributed by atoms with Gasteiger partial charge in [-0.1, -0.05) is 18.2 Å². The fourth-order valence-corrected chi connectivity index (χ4v) is 2.90. The Morgan fingerprint density at radius 2 is 1.80 bits per heavy atom. The number of nitriles is 1. The maximum Gasteiger partial charge on any atom is 0.231 e. The highest BCUT2D eigenvalue weighted by molar-refractivity contribution is 8.03. The molecule has 1 N–H and O–H groups in total. The van der Waals surface area contributed by atoms with Crippen molar-refractivity contribution in [2.75, 3.05) is 5.32 Å². The zero-order valence-corrected chi connectivity index (χ0v) is 14.1. The van der Waals surface area contributed by atoms with Crippen LogP contribution in [0.5, 0.6) is 0 Å². The lowest BCUT2D eigenvalue weighted by molar-refractivity contribution is -0.116. The molecule has 1 heterocycles. The SMILES string of the molecule is N#CSc1ccc(NC(=O)CCC(=O)n2ccc3ccccc32)cc1. The molecule has 2 aromatic carbocycles. The van der Waals surface area contributed by atoms with E-state index in [2.05, 4.69) is 5.32 Å². The van der Waals surface area contributed by atoms with Crippen LogP contribution in [-0.2, 0) is 4.79 Å². The molecule has 0 fully saturated rings. The third-order valence-corrected chi connectivity index (χ3v) is 4.33. The lowest BCUT2D eigenvalue weighted by Crippen LogP contribution is -2.16. The van der Waals surface area contributed by atoms with E-state index >= 15 is 0 Å². The first-order chi connectivity index (χ1) is 12.2. The number of hydrogen-bond donors (Lipinski definition) is 1. The molecule has 0 aliphatic heterocycles. The van der Waals surface area contributed by atoms with E-state index in [0.717, 1.165) is 27.6 Å². The molecule has 25 heavy (non-hydrogen) atoms. The number of amides is 1. The summed E-state index contributed by atoms with van der Waals surface area (Å²) in [6, 6.07) is 16.5. The number of anilines is 1. The molecule has 0 atom stereocenters. The average Bonchev–Trinajstić information content (AvgIpc) is 3.06. The first-order valence-electron chi connectivity index (χ1n) is 7.72. The number of hydrogen-bond acceptors (Lipinski definition) is 4. The van der Waals surface area contributed by atoms with Crippen LogP contribution in [-0.4, -0.2) is 16.4 Å². The van der Waals surface area contributed by atoms with Crippen LogP contribution in [0.4, 0.5) is 5.69 Å². The van der Waals surface area contributed by atoms with Gasteiger partial charge in [-0.25, -0.2) is 0 Å². The lowest BCUT2D eigenvalue weighted by atomic mass is 10.2. The van der Waals surface area contributed by atoms with Gasteiger partial charge >= 0.3 is 0 Å². The summed E-state index contributed by atoms with van der Waals surface area (Å²) in [4.78, 5) is 25.2. The maximum atomic E-state index is 12.3. The summed E-state index contributed by atoms with van der Waals surface area (Å²) in [5.74, 6) is -0.331. The second-order valence-corrected chi connectivity index (χ2v) is 6.26. The van der Waals surface area contributed by atoms with Gasteiger partial charge in [0, 0.05) is 35.0 Å². The molecule has 3 aromatic rings. The largest absolute Gasteiger partial charge is 0.326 e. The van der Waals surface area contributed by atoms with E-state index in [1.165, 1.54) is 0 Å². The minimum atomic E-state index is -0.217. The van der Waals surface area contributed by atoms with Gasteiger partial charge in [-0.05, 0) is 48.2 Å². The molecule has 0 spiro atoms. The smallest absolute Gasteiger partial charge is 0.231 e. The molecule has 5 nitrogen and oxygen atoms in total. The number of aromatic nitrogens is 1. The zero-order valence-electron chi connectivity index (χ0n) is 13.3. The van der Waals surface area contributed by atoms with Gasteiger partial charge < -0.3 is 5.32 Å².